The Kier molecular flexibility index (Phi) is 3.23. The van der Waals surface area contributed by atoms with E-state index in [4.69, 9.17) is 9.31 Å². The van der Waals surface area contributed by atoms with Crippen molar-refractivity contribution in [1.29, 1.82) is 0 Å². The Hall–Kier alpha value is -0.275. The summed E-state index contributed by atoms with van der Waals surface area (Å²) in [6, 6.07) is 0. The summed E-state index contributed by atoms with van der Waals surface area (Å²) in [4.78, 5) is 0. The van der Waals surface area contributed by atoms with Gasteiger partial charge in [0.1, 0.15) is 0 Å². The predicted molar refractivity (Wildman–Crippen MR) is 76.3 cm³/mol. The van der Waals surface area contributed by atoms with Crippen LogP contribution in [-0.2, 0) is 9.31 Å². The lowest BCUT2D eigenvalue weighted by Gasteiger charge is -2.34. The highest BCUT2D eigenvalue weighted by Crippen LogP contribution is 2.44. The maximum absolute atomic E-state index is 6.15. The molecular formula is C15H27BO2. The van der Waals surface area contributed by atoms with Crippen molar-refractivity contribution in [3.05, 3.63) is 11.5 Å². The third-order valence-electron chi connectivity index (χ3n) is 4.61. The van der Waals surface area contributed by atoms with Crippen LogP contribution in [-0.4, -0.2) is 18.3 Å². The summed E-state index contributed by atoms with van der Waals surface area (Å²) >= 11 is 0. The summed E-state index contributed by atoms with van der Waals surface area (Å²) in [7, 11) is -0.156. The lowest BCUT2D eigenvalue weighted by atomic mass is 9.63. The molecule has 1 fully saturated rings. The molecular weight excluding hydrogens is 223 g/mol. The van der Waals surface area contributed by atoms with E-state index in [0.29, 0.717) is 11.3 Å². The van der Waals surface area contributed by atoms with Gasteiger partial charge in [0.2, 0.25) is 0 Å². The van der Waals surface area contributed by atoms with Gasteiger partial charge in [0.05, 0.1) is 11.2 Å². The van der Waals surface area contributed by atoms with E-state index in [9.17, 15) is 0 Å². The van der Waals surface area contributed by atoms with Crippen molar-refractivity contribution in [3.63, 3.8) is 0 Å². The standard InChI is InChI=1S/C15H27BO2/c1-11-8-12(10-13(2,3)9-11)16-17-14(4,5)15(6,7)18-16/h8,11H,9-10H2,1-7H3. The first kappa shape index (κ1) is 14.1. The zero-order valence-electron chi connectivity index (χ0n) is 13.0. The summed E-state index contributed by atoms with van der Waals surface area (Å²) < 4.78 is 12.3. The van der Waals surface area contributed by atoms with Crippen molar-refractivity contribution in [1.82, 2.24) is 0 Å². The van der Waals surface area contributed by atoms with Gasteiger partial charge in [-0.25, -0.2) is 0 Å². The van der Waals surface area contributed by atoms with Gasteiger partial charge in [0.25, 0.3) is 0 Å². The normalized spacial score (nSPS) is 33.4. The second-order valence-corrected chi connectivity index (χ2v) is 7.85. The number of rotatable bonds is 1. The van der Waals surface area contributed by atoms with Crippen molar-refractivity contribution in [3.8, 4) is 0 Å². The average molecular weight is 250 g/mol. The van der Waals surface area contributed by atoms with Crippen LogP contribution < -0.4 is 0 Å². The van der Waals surface area contributed by atoms with Gasteiger partial charge >= 0.3 is 7.12 Å². The van der Waals surface area contributed by atoms with Crippen LogP contribution in [0.3, 0.4) is 0 Å². The van der Waals surface area contributed by atoms with Gasteiger partial charge < -0.3 is 9.31 Å². The molecule has 1 heterocycles. The molecule has 1 aliphatic carbocycles. The first-order chi connectivity index (χ1) is 8.02. The molecule has 0 spiro atoms. The molecule has 0 amide bonds. The third-order valence-corrected chi connectivity index (χ3v) is 4.61. The Morgan fingerprint density at radius 3 is 2.00 bits per heavy atom. The molecule has 0 aromatic rings. The van der Waals surface area contributed by atoms with E-state index < -0.39 is 0 Å². The summed E-state index contributed by atoms with van der Waals surface area (Å²) in [6.45, 7) is 15.4. The Balaban J connectivity index is 2.20. The second-order valence-electron chi connectivity index (χ2n) is 7.85. The molecule has 0 aromatic carbocycles. The van der Waals surface area contributed by atoms with Crippen molar-refractivity contribution in [2.24, 2.45) is 11.3 Å². The molecule has 0 saturated carbocycles. The van der Waals surface area contributed by atoms with Gasteiger partial charge in [0, 0.05) is 0 Å². The van der Waals surface area contributed by atoms with E-state index in [-0.39, 0.29) is 18.3 Å². The van der Waals surface area contributed by atoms with Crippen molar-refractivity contribution < 1.29 is 9.31 Å². The first-order valence-electron chi connectivity index (χ1n) is 7.09. The fourth-order valence-corrected chi connectivity index (χ4v) is 3.14. The number of hydrogen-bond donors (Lipinski definition) is 0. The minimum absolute atomic E-state index is 0.156. The van der Waals surface area contributed by atoms with E-state index in [1.165, 1.54) is 11.9 Å². The molecule has 1 aliphatic heterocycles. The van der Waals surface area contributed by atoms with Crippen molar-refractivity contribution in [2.45, 2.75) is 72.5 Å². The van der Waals surface area contributed by atoms with Crippen LogP contribution >= 0.6 is 0 Å². The van der Waals surface area contributed by atoms with Crippen LogP contribution in [0.25, 0.3) is 0 Å². The quantitative estimate of drug-likeness (QED) is 0.655. The summed E-state index contributed by atoms with van der Waals surface area (Å²) in [5.74, 6) is 0.614. The Morgan fingerprint density at radius 1 is 1.06 bits per heavy atom. The second kappa shape index (κ2) is 4.11. The topological polar surface area (TPSA) is 18.5 Å². The Bertz CT molecular complexity index is 353. The van der Waals surface area contributed by atoms with Crippen molar-refractivity contribution in [2.75, 3.05) is 0 Å². The fraction of sp³-hybridized carbons (Fsp3) is 0.867. The fourth-order valence-electron chi connectivity index (χ4n) is 3.14. The monoisotopic (exact) mass is 250 g/mol. The zero-order chi connectivity index (χ0) is 13.8. The highest BCUT2D eigenvalue weighted by Gasteiger charge is 2.53. The van der Waals surface area contributed by atoms with E-state index >= 15 is 0 Å². The molecule has 1 unspecified atom stereocenters. The molecule has 2 rings (SSSR count). The molecule has 102 valence electrons. The molecule has 1 atom stereocenters. The lowest BCUT2D eigenvalue weighted by molar-refractivity contribution is 0.00578. The van der Waals surface area contributed by atoms with E-state index in [0.717, 1.165) is 6.42 Å². The summed E-state index contributed by atoms with van der Waals surface area (Å²) in [5.41, 5.74) is 1.22. The van der Waals surface area contributed by atoms with Gasteiger partial charge in [-0.1, -0.05) is 26.8 Å². The van der Waals surface area contributed by atoms with Gasteiger partial charge in [-0.15, -0.1) is 0 Å². The molecule has 18 heavy (non-hydrogen) atoms. The van der Waals surface area contributed by atoms with Gasteiger partial charge in [-0.05, 0) is 57.3 Å². The minimum Gasteiger partial charge on any atom is -0.400 e. The van der Waals surface area contributed by atoms with Gasteiger partial charge in [-0.2, -0.15) is 0 Å². The molecule has 0 radical (unpaired) electrons. The summed E-state index contributed by atoms with van der Waals surface area (Å²) in [5, 5.41) is 0. The molecule has 2 nitrogen and oxygen atoms in total. The van der Waals surface area contributed by atoms with Crippen LogP contribution in [0, 0.1) is 11.3 Å². The first-order valence-corrected chi connectivity index (χ1v) is 7.09. The zero-order valence-corrected chi connectivity index (χ0v) is 13.0. The van der Waals surface area contributed by atoms with Crippen LogP contribution in [0.1, 0.15) is 61.3 Å². The van der Waals surface area contributed by atoms with Gasteiger partial charge in [0.15, 0.2) is 0 Å². The molecule has 3 heteroatoms. The third kappa shape index (κ3) is 2.53. The maximum Gasteiger partial charge on any atom is 0.490 e. The van der Waals surface area contributed by atoms with Crippen LogP contribution in [0.4, 0.5) is 0 Å². The van der Waals surface area contributed by atoms with Gasteiger partial charge in [-0.3, -0.25) is 0 Å². The summed E-state index contributed by atoms with van der Waals surface area (Å²) in [6.07, 6.45) is 4.68. The highest BCUT2D eigenvalue weighted by molar-refractivity contribution is 6.54. The molecule has 0 bridgehead atoms. The SMILES string of the molecule is CC1C=C(B2OC(C)(C)C(C)(C)O2)CC(C)(C)C1. The van der Waals surface area contributed by atoms with E-state index in [2.05, 4.69) is 54.5 Å². The number of hydrogen-bond acceptors (Lipinski definition) is 2. The average Bonchev–Trinajstić information content (AvgIpc) is 2.32. The molecule has 0 N–H and O–H groups in total. The Morgan fingerprint density at radius 2 is 1.56 bits per heavy atom. The molecule has 1 saturated heterocycles. The largest absolute Gasteiger partial charge is 0.490 e. The minimum atomic E-state index is -0.233. The van der Waals surface area contributed by atoms with Crippen LogP contribution in [0.5, 0.6) is 0 Å². The lowest BCUT2D eigenvalue weighted by Crippen LogP contribution is -2.41. The van der Waals surface area contributed by atoms with E-state index in [1.807, 2.05) is 0 Å². The van der Waals surface area contributed by atoms with Crippen LogP contribution in [0.15, 0.2) is 11.5 Å². The van der Waals surface area contributed by atoms with E-state index in [1.54, 1.807) is 0 Å². The smallest absolute Gasteiger partial charge is 0.400 e. The maximum atomic E-state index is 6.15. The number of allylic oxidation sites excluding steroid dienone is 2. The highest BCUT2D eigenvalue weighted by atomic mass is 16.7. The molecule has 2 aliphatic rings. The predicted octanol–water partition coefficient (Wildman–Crippen LogP) is 4.00. The van der Waals surface area contributed by atoms with Crippen molar-refractivity contribution >= 4 is 7.12 Å². The molecule has 0 aromatic heterocycles. The Labute approximate surface area is 112 Å². The van der Waals surface area contributed by atoms with Crippen LogP contribution in [0.2, 0.25) is 0 Å².